The van der Waals surface area contributed by atoms with Gasteiger partial charge in [0.25, 0.3) is 0 Å². The molecular formula is C6H8ClNS. The van der Waals surface area contributed by atoms with Crippen molar-refractivity contribution in [1.29, 1.82) is 0 Å². The molecule has 0 heterocycles. The molecule has 0 saturated heterocycles. The summed E-state index contributed by atoms with van der Waals surface area (Å²) in [6, 6.07) is 7.36. The standard InChI is InChI=1S/C6H7NS.ClH/c7-5-1-3-6(8)4-2-5;/h1-4,8H,7H2;1H. The minimum Gasteiger partial charge on any atom is -0.399 e. The summed E-state index contributed by atoms with van der Waals surface area (Å²) in [5.41, 5.74) is 6.17. The summed E-state index contributed by atoms with van der Waals surface area (Å²) in [4.78, 5) is 0.944. The van der Waals surface area contributed by atoms with Crippen LogP contribution in [0.2, 0.25) is 0 Å². The smallest absolute Gasteiger partial charge is 0.0314 e. The highest BCUT2D eigenvalue weighted by molar-refractivity contribution is 7.80. The van der Waals surface area contributed by atoms with Gasteiger partial charge in [-0.3, -0.25) is 0 Å². The molecule has 0 fully saturated rings. The number of hydrogen-bond acceptors (Lipinski definition) is 2. The summed E-state index contributed by atoms with van der Waals surface area (Å²) in [6.07, 6.45) is 0. The van der Waals surface area contributed by atoms with E-state index >= 15 is 0 Å². The molecule has 0 spiro atoms. The molecule has 1 rings (SSSR count). The van der Waals surface area contributed by atoms with Crippen molar-refractivity contribution in [2.75, 3.05) is 5.73 Å². The fraction of sp³-hybridized carbons (Fsp3) is 0. The van der Waals surface area contributed by atoms with Crippen LogP contribution in [0, 0.1) is 0 Å². The van der Waals surface area contributed by atoms with Crippen molar-refractivity contribution in [2.24, 2.45) is 0 Å². The van der Waals surface area contributed by atoms with Crippen LogP contribution in [-0.4, -0.2) is 0 Å². The van der Waals surface area contributed by atoms with Gasteiger partial charge in [0.1, 0.15) is 0 Å². The molecule has 50 valence electrons. The SMILES string of the molecule is Cl.Nc1ccc(S)cc1. The molecule has 0 unspecified atom stereocenters. The van der Waals surface area contributed by atoms with Crippen LogP contribution in [0.25, 0.3) is 0 Å². The van der Waals surface area contributed by atoms with Gasteiger partial charge in [-0.25, -0.2) is 0 Å². The largest absolute Gasteiger partial charge is 0.399 e. The van der Waals surface area contributed by atoms with E-state index in [2.05, 4.69) is 12.6 Å². The van der Waals surface area contributed by atoms with Crippen molar-refractivity contribution in [3.63, 3.8) is 0 Å². The summed E-state index contributed by atoms with van der Waals surface area (Å²) in [7, 11) is 0. The molecule has 0 aliphatic heterocycles. The Balaban J connectivity index is 0.000000640. The minimum absolute atomic E-state index is 0. The van der Waals surface area contributed by atoms with Crippen LogP contribution in [0.5, 0.6) is 0 Å². The van der Waals surface area contributed by atoms with E-state index in [9.17, 15) is 0 Å². The molecule has 1 nitrogen and oxygen atoms in total. The Hall–Kier alpha value is -0.340. The second-order valence-corrected chi connectivity index (χ2v) is 2.11. The van der Waals surface area contributed by atoms with Crippen molar-refractivity contribution < 1.29 is 0 Å². The molecular weight excluding hydrogens is 154 g/mol. The van der Waals surface area contributed by atoms with Crippen molar-refractivity contribution in [3.05, 3.63) is 24.3 Å². The van der Waals surface area contributed by atoms with Gasteiger partial charge in [-0.15, -0.1) is 25.0 Å². The van der Waals surface area contributed by atoms with Crippen molar-refractivity contribution in [2.45, 2.75) is 4.90 Å². The number of hydrogen-bond donors (Lipinski definition) is 2. The van der Waals surface area contributed by atoms with Gasteiger partial charge in [0.15, 0.2) is 0 Å². The minimum atomic E-state index is 0. The van der Waals surface area contributed by atoms with Gasteiger partial charge in [-0.2, -0.15) is 0 Å². The van der Waals surface area contributed by atoms with Crippen LogP contribution in [0.4, 0.5) is 5.69 Å². The third-order valence-electron chi connectivity index (χ3n) is 0.893. The summed E-state index contributed by atoms with van der Waals surface area (Å²) < 4.78 is 0. The average molecular weight is 162 g/mol. The maximum Gasteiger partial charge on any atom is 0.0314 e. The first-order valence-electron chi connectivity index (χ1n) is 2.33. The van der Waals surface area contributed by atoms with Crippen molar-refractivity contribution >= 4 is 30.7 Å². The number of nitrogen functional groups attached to an aromatic ring is 1. The Bertz CT molecular complexity index is 152. The van der Waals surface area contributed by atoms with Crippen LogP contribution in [0.3, 0.4) is 0 Å². The zero-order valence-electron chi connectivity index (χ0n) is 4.74. The van der Waals surface area contributed by atoms with E-state index in [1.165, 1.54) is 0 Å². The van der Waals surface area contributed by atoms with Gasteiger partial charge >= 0.3 is 0 Å². The van der Waals surface area contributed by atoms with E-state index in [1.54, 1.807) is 0 Å². The number of benzene rings is 1. The highest BCUT2D eigenvalue weighted by Crippen LogP contribution is 2.07. The van der Waals surface area contributed by atoms with Gasteiger partial charge in [-0.1, -0.05) is 0 Å². The summed E-state index contributed by atoms with van der Waals surface area (Å²) in [5, 5.41) is 0. The molecule has 9 heavy (non-hydrogen) atoms. The lowest BCUT2D eigenvalue weighted by Gasteiger charge is -1.89. The molecule has 0 aromatic heterocycles. The first kappa shape index (κ1) is 8.66. The van der Waals surface area contributed by atoms with Crippen LogP contribution >= 0.6 is 25.0 Å². The van der Waals surface area contributed by atoms with Gasteiger partial charge in [0.2, 0.25) is 0 Å². The molecule has 1 aromatic rings. The Morgan fingerprint density at radius 3 is 1.89 bits per heavy atom. The number of anilines is 1. The number of nitrogens with two attached hydrogens (primary N) is 1. The van der Waals surface area contributed by atoms with Gasteiger partial charge in [0, 0.05) is 10.6 Å². The first-order chi connectivity index (χ1) is 3.79. The molecule has 0 bridgehead atoms. The molecule has 0 radical (unpaired) electrons. The predicted molar refractivity (Wildman–Crippen MR) is 45.4 cm³/mol. The lowest BCUT2D eigenvalue weighted by Crippen LogP contribution is -1.80. The zero-order chi connectivity index (χ0) is 5.98. The number of halogens is 1. The molecule has 1 aromatic carbocycles. The second-order valence-electron chi connectivity index (χ2n) is 1.59. The topological polar surface area (TPSA) is 26.0 Å². The van der Waals surface area contributed by atoms with E-state index in [-0.39, 0.29) is 12.4 Å². The third-order valence-corrected chi connectivity index (χ3v) is 1.19. The highest BCUT2D eigenvalue weighted by Gasteiger charge is 1.81. The van der Waals surface area contributed by atoms with E-state index in [4.69, 9.17) is 5.73 Å². The van der Waals surface area contributed by atoms with Crippen LogP contribution < -0.4 is 5.73 Å². The van der Waals surface area contributed by atoms with Crippen molar-refractivity contribution in [1.82, 2.24) is 0 Å². The zero-order valence-corrected chi connectivity index (χ0v) is 6.45. The summed E-state index contributed by atoms with van der Waals surface area (Å²) >= 11 is 4.08. The quantitative estimate of drug-likeness (QED) is 0.442. The molecule has 2 N–H and O–H groups in total. The summed E-state index contributed by atoms with van der Waals surface area (Å²) in [6.45, 7) is 0. The Morgan fingerprint density at radius 2 is 1.56 bits per heavy atom. The number of thiol groups is 1. The summed E-state index contributed by atoms with van der Waals surface area (Å²) in [5.74, 6) is 0. The monoisotopic (exact) mass is 161 g/mol. The molecule has 0 amide bonds. The normalized spacial score (nSPS) is 8.11. The Morgan fingerprint density at radius 1 is 1.11 bits per heavy atom. The molecule has 3 heteroatoms. The molecule has 0 aliphatic carbocycles. The average Bonchev–Trinajstić information content (AvgIpc) is 1.77. The molecule has 0 aliphatic rings. The third kappa shape index (κ3) is 2.63. The lowest BCUT2D eigenvalue weighted by molar-refractivity contribution is 1.48. The maximum atomic E-state index is 5.39. The highest BCUT2D eigenvalue weighted by atomic mass is 35.5. The Kier molecular flexibility index (Phi) is 3.50. The fourth-order valence-corrected chi connectivity index (χ4v) is 0.623. The van der Waals surface area contributed by atoms with E-state index < -0.39 is 0 Å². The first-order valence-corrected chi connectivity index (χ1v) is 2.78. The van der Waals surface area contributed by atoms with Crippen LogP contribution in [0.1, 0.15) is 0 Å². The Labute approximate surface area is 66.1 Å². The lowest BCUT2D eigenvalue weighted by atomic mass is 10.3. The maximum absolute atomic E-state index is 5.39. The fourth-order valence-electron chi connectivity index (χ4n) is 0.474. The van der Waals surface area contributed by atoms with E-state index in [1.807, 2.05) is 24.3 Å². The van der Waals surface area contributed by atoms with E-state index in [0.29, 0.717) is 0 Å². The van der Waals surface area contributed by atoms with Crippen molar-refractivity contribution in [3.8, 4) is 0 Å². The van der Waals surface area contributed by atoms with Crippen LogP contribution in [-0.2, 0) is 0 Å². The number of rotatable bonds is 0. The van der Waals surface area contributed by atoms with Gasteiger partial charge < -0.3 is 5.73 Å². The van der Waals surface area contributed by atoms with Crippen LogP contribution in [0.15, 0.2) is 29.2 Å². The van der Waals surface area contributed by atoms with Gasteiger partial charge in [0.05, 0.1) is 0 Å². The molecule has 0 atom stereocenters. The molecule has 0 saturated carbocycles. The second kappa shape index (κ2) is 3.64. The van der Waals surface area contributed by atoms with Gasteiger partial charge in [-0.05, 0) is 24.3 Å². The predicted octanol–water partition coefficient (Wildman–Crippen LogP) is 1.98. The van der Waals surface area contributed by atoms with E-state index in [0.717, 1.165) is 10.6 Å².